The highest BCUT2D eigenvalue weighted by Crippen LogP contribution is 2.25. The zero-order chi connectivity index (χ0) is 28.6. The number of aryl methyl sites for hydroxylation is 1. The lowest BCUT2D eigenvalue weighted by Crippen LogP contribution is -2.60. The molecule has 2 rings (SSSR count). The number of carbonyl (C=O) groups is 2. The van der Waals surface area contributed by atoms with Crippen molar-refractivity contribution in [2.75, 3.05) is 13.2 Å². The van der Waals surface area contributed by atoms with E-state index in [2.05, 4.69) is 15.0 Å². The SMILES string of the molecule is CC(=O)N[C@H]1[C@H]([C@H](O)[C@H](O)CO)OC(C(=O)O)=C[C@@H]1OCCC(=NC(C)C)NS(=O)(=O)c1ccc(C)cc1. The molecule has 0 spiro atoms. The van der Waals surface area contributed by atoms with Crippen molar-refractivity contribution in [1.29, 1.82) is 0 Å². The number of carbonyl (C=O) groups excluding carboxylic acids is 1. The lowest BCUT2D eigenvalue weighted by atomic mass is 9.93. The van der Waals surface area contributed by atoms with E-state index in [0.717, 1.165) is 11.6 Å². The quantitative estimate of drug-likeness (QED) is 0.143. The van der Waals surface area contributed by atoms with Gasteiger partial charge in [-0.3, -0.25) is 14.5 Å². The van der Waals surface area contributed by atoms with Gasteiger partial charge in [-0.05, 0) is 39.0 Å². The third-order valence-corrected chi connectivity index (χ3v) is 6.83. The largest absolute Gasteiger partial charge is 0.478 e. The first-order valence-corrected chi connectivity index (χ1v) is 13.4. The molecule has 0 radical (unpaired) electrons. The van der Waals surface area contributed by atoms with Gasteiger partial charge in [0.15, 0.2) is 6.10 Å². The monoisotopic (exact) mass is 557 g/mol. The van der Waals surface area contributed by atoms with Crippen molar-refractivity contribution in [1.82, 2.24) is 10.0 Å². The summed E-state index contributed by atoms with van der Waals surface area (Å²) in [5.41, 5.74) is 0.891. The minimum atomic E-state index is -3.94. The molecule has 1 aromatic rings. The third kappa shape index (κ3) is 8.77. The molecule has 1 aromatic carbocycles. The van der Waals surface area contributed by atoms with Gasteiger partial charge in [0.2, 0.25) is 11.7 Å². The molecule has 0 aromatic heterocycles. The highest BCUT2D eigenvalue weighted by molar-refractivity contribution is 7.90. The van der Waals surface area contributed by atoms with E-state index in [1.165, 1.54) is 19.1 Å². The van der Waals surface area contributed by atoms with Crippen LogP contribution in [0.1, 0.15) is 32.8 Å². The fraction of sp³-hybridized carbons (Fsp3) is 0.542. The Bertz CT molecular complexity index is 1130. The molecule has 14 heteroatoms. The average Bonchev–Trinajstić information content (AvgIpc) is 2.83. The molecule has 38 heavy (non-hydrogen) atoms. The second-order valence-corrected chi connectivity index (χ2v) is 10.7. The van der Waals surface area contributed by atoms with Gasteiger partial charge in [-0.1, -0.05) is 17.7 Å². The maximum Gasteiger partial charge on any atom is 0.370 e. The van der Waals surface area contributed by atoms with Crippen LogP contribution >= 0.6 is 0 Å². The Balaban J connectivity index is 2.26. The molecule has 1 aliphatic heterocycles. The van der Waals surface area contributed by atoms with Gasteiger partial charge in [-0.15, -0.1) is 0 Å². The van der Waals surface area contributed by atoms with Crippen LogP contribution in [-0.4, -0.2) is 96.3 Å². The van der Waals surface area contributed by atoms with Crippen LogP contribution in [0.2, 0.25) is 0 Å². The summed E-state index contributed by atoms with van der Waals surface area (Å²) in [4.78, 5) is 27.8. The number of ether oxygens (including phenoxy) is 2. The fourth-order valence-electron chi connectivity index (χ4n) is 3.66. The van der Waals surface area contributed by atoms with Gasteiger partial charge in [-0.25, -0.2) is 13.2 Å². The fourth-order valence-corrected chi connectivity index (χ4v) is 4.73. The molecular formula is C24H35N3O10S. The Morgan fingerprint density at radius 1 is 1.18 bits per heavy atom. The number of carboxylic acids is 1. The van der Waals surface area contributed by atoms with Crippen molar-refractivity contribution in [3.05, 3.63) is 41.7 Å². The molecule has 13 nitrogen and oxygen atoms in total. The van der Waals surface area contributed by atoms with Crippen LogP contribution in [0.15, 0.2) is 46.0 Å². The van der Waals surface area contributed by atoms with Crippen LogP contribution in [0, 0.1) is 6.92 Å². The van der Waals surface area contributed by atoms with E-state index in [1.807, 2.05) is 6.92 Å². The van der Waals surface area contributed by atoms with Crippen molar-refractivity contribution in [2.45, 2.75) is 75.5 Å². The van der Waals surface area contributed by atoms with Gasteiger partial charge in [0.25, 0.3) is 10.0 Å². The third-order valence-electron chi connectivity index (χ3n) is 5.43. The first-order chi connectivity index (χ1) is 17.7. The standard InChI is InChI=1S/C24H35N3O10S/c1-13(2)25-20(27-38(34,35)16-7-5-14(3)6-8-16)9-10-36-18-11-19(24(32)33)37-23(21(18)26-15(4)29)22(31)17(30)12-28/h5-8,11,13,17-18,21-23,28,30-31H,9-10,12H2,1-4H3,(H,25,27)(H,26,29)(H,32,33)/t17-,18+,21-,22-,23-/m1/s1. The maximum atomic E-state index is 12.9. The van der Waals surface area contributed by atoms with Gasteiger partial charge < -0.3 is 35.2 Å². The molecule has 212 valence electrons. The minimum Gasteiger partial charge on any atom is -0.478 e. The molecule has 1 aliphatic rings. The molecule has 0 saturated heterocycles. The topological polar surface area (TPSA) is 204 Å². The van der Waals surface area contributed by atoms with E-state index in [1.54, 1.807) is 26.0 Å². The predicted octanol–water partition coefficient (Wildman–Crippen LogP) is -0.558. The van der Waals surface area contributed by atoms with Crippen LogP contribution < -0.4 is 10.0 Å². The lowest BCUT2D eigenvalue weighted by Gasteiger charge is -2.39. The summed E-state index contributed by atoms with van der Waals surface area (Å²) in [6.45, 7) is 5.51. The maximum absolute atomic E-state index is 12.9. The van der Waals surface area contributed by atoms with Gasteiger partial charge in [0.1, 0.15) is 24.1 Å². The second kappa shape index (κ2) is 13.7. The number of nitrogens with one attached hydrogen (secondary N) is 2. The van der Waals surface area contributed by atoms with Crippen LogP contribution in [0.3, 0.4) is 0 Å². The van der Waals surface area contributed by atoms with E-state index in [9.17, 15) is 38.4 Å². The number of nitrogens with zero attached hydrogens (tertiary/aromatic N) is 1. The number of carboxylic acid groups (broad SMARTS) is 1. The van der Waals surface area contributed by atoms with E-state index in [-0.39, 0.29) is 29.8 Å². The zero-order valence-electron chi connectivity index (χ0n) is 21.6. The molecule has 0 fully saturated rings. The first kappa shape index (κ1) is 31.2. The Hall–Kier alpha value is -3.04. The first-order valence-electron chi connectivity index (χ1n) is 11.9. The molecule has 0 aliphatic carbocycles. The number of benzene rings is 1. The summed E-state index contributed by atoms with van der Waals surface area (Å²) in [7, 11) is -3.94. The number of amidine groups is 1. The van der Waals surface area contributed by atoms with Gasteiger partial charge >= 0.3 is 5.97 Å². The summed E-state index contributed by atoms with van der Waals surface area (Å²) in [5.74, 6) is -2.54. The Morgan fingerprint density at radius 3 is 2.34 bits per heavy atom. The summed E-state index contributed by atoms with van der Waals surface area (Å²) in [6, 6.07) is 4.84. The Morgan fingerprint density at radius 2 is 1.82 bits per heavy atom. The number of hydrogen-bond donors (Lipinski definition) is 6. The molecule has 0 saturated carbocycles. The molecule has 5 atom stereocenters. The highest BCUT2D eigenvalue weighted by atomic mass is 32.2. The van der Waals surface area contributed by atoms with Crippen molar-refractivity contribution in [3.63, 3.8) is 0 Å². The van der Waals surface area contributed by atoms with Crippen molar-refractivity contribution in [2.24, 2.45) is 4.99 Å². The van der Waals surface area contributed by atoms with Crippen molar-refractivity contribution in [3.8, 4) is 0 Å². The summed E-state index contributed by atoms with van der Waals surface area (Å²) >= 11 is 0. The zero-order valence-corrected chi connectivity index (χ0v) is 22.4. The number of aliphatic imine (C=N–C) groups is 1. The number of rotatable bonds is 12. The van der Waals surface area contributed by atoms with Crippen molar-refractivity contribution < 1.29 is 47.9 Å². The van der Waals surface area contributed by atoms with Crippen LogP contribution in [0.25, 0.3) is 0 Å². The molecule has 1 heterocycles. The van der Waals surface area contributed by atoms with Crippen LogP contribution in [0.4, 0.5) is 0 Å². The number of amides is 1. The van der Waals surface area contributed by atoms with Crippen LogP contribution in [-0.2, 0) is 29.1 Å². The normalized spacial score (nSPS) is 21.7. The lowest BCUT2D eigenvalue weighted by molar-refractivity contribution is -0.151. The number of hydrogen-bond acceptors (Lipinski definition) is 10. The summed E-state index contributed by atoms with van der Waals surface area (Å²) < 4.78 is 39.3. The van der Waals surface area contributed by atoms with Gasteiger partial charge in [-0.2, -0.15) is 0 Å². The molecule has 1 amide bonds. The number of aliphatic hydroxyl groups excluding tert-OH is 3. The molecule has 6 N–H and O–H groups in total. The molecule has 0 unspecified atom stereocenters. The average molecular weight is 558 g/mol. The summed E-state index contributed by atoms with van der Waals surface area (Å²) in [5, 5.41) is 41.6. The predicted molar refractivity (Wildman–Crippen MR) is 136 cm³/mol. The minimum absolute atomic E-state index is 0.0316. The van der Waals surface area contributed by atoms with Crippen LogP contribution in [0.5, 0.6) is 0 Å². The number of sulfonamides is 1. The van der Waals surface area contributed by atoms with E-state index in [0.29, 0.717) is 0 Å². The number of aliphatic hydroxyl groups is 3. The van der Waals surface area contributed by atoms with Gasteiger partial charge in [0, 0.05) is 19.4 Å². The van der Waals surface area contributed by atoms with E-state index < -0.39 is 64.7 Å². The molecular weight excluding hydrogens is 522 g/mol. The van der Waals surface area contributed by atoms with Gasteiger partial charge in [0.05, 0.1) is 24.2 Å². The highest BCUT2D eigenvalue weighted by Gasteiger charge is 2.44. The number of aliphatic carboxylic acids is 1. The summed E-state index contributed by atoms with van der Waals surface area (Å²) in [6.07, 6.45) is -5.04. The van der Waals surface area contributed by atoms with E-state index in [4.69, 9.17) is 9.47 Å². The smallest absolute Gasteiger partial charge is 0.370 e. The van der Waals surface area contributed by atoms with Crippen molar-refractivity contribution >= 4 is 27.7 Å². The Labute approximate surface area is 221 Å². The van der Waals surface area contributed by atoms with E-state index >= 15 is 0 Å². The second-order valence-electron chi connectivity index (χ2n) is 9.06. The Kier molecular flexibility index (Phi) is 11.2. The molecule has 0 bridgehead atoms.